The molecule has 1 atom stereocenters. The molecular formula is C3H5P. The van der Waals surface area contributed by atoms with Crippen LogP contribution in [0.1, 0.15) is 0 Å². The molecule has 0 aliphatic carbocycles. The van der Waals surface area contributed by atoms with Crippen LogP contribution >= 0.6 is 9.24 Å². The first-order valence-electron chi connectivity index (χ1n) is 1.05. The zero-order valence-corrected chi connectivity index (χ0v) is 3.52. The van der Waals surface area contributed by atoms with Crippen LogP contribution in [0.4, 0.5) is 0 Å². The largest absolute Gasteiger partial charge is 0.125 e. The van der Waals surface area contributed by atoms with Crippen LogP contribution in [0.15, 0.2) is 0 Å². The van der Waals surface area contributed by atoms with Gasteiger partial charge in [0.2, 0.25) is 0 Å². The number of hydrogen-bond donors (Lipinski definition) is 0. The third-order valence-electron chi connectivity index (χ3n) is 0.118. The molecule has 0 heterocycles. The molecule has 0 bridgehead atoms. The summed E-state index contributed by atoms with van der Waals surface area (Å²) in [5, 5.41) is 0. The molecule has 0 rings (SSSR count). The zero-order valence-electron chi connectivity index (χ0n) is 2.36. The fourth-order valence-electron chi connectivity index (χ4n) is 0. The van der Waals surface area contributed by atoms with Crippen LogP contribution in [0.3, 0.4) is 0 Å². The van der Waals surface area contributed by atoms with Crippen LogP contribution in [-0.4, -0.2) is 6.16 Å². The van der Waals surface area contributed by atoms with Gasteiger partial charge in [-0.15, -0.1) is 21.6 Å². The third-order valence-corrected chi connectivity index (χ3v) is 0.354. The highest BCUT2D eigenvalue weighted by Gasteiger charge is 1.43. The van der Waals surface area contributed by atoms with Gasteiger partial charge in [-0.25, -0.2) is 0 Å². The Morgan fingerprint density at radius 3 is 2.25 bits per heavy atom. The molecule has 0 nitrogen and oxygen atoms in total. The van der Waals surface area contributed by atoms with Gasteiger partial charge in [0, 0.05) is 6.16 Å². The molecular weight excluding hydrogens is 67.0 g/mol. The van der Waals surface area contributed by atoms with E-state index in [1.807, 2.05) is 0 Å². The molecule has 1 unspecified atom stereocenters. The van der Waals surface area contributed by atoms with Crippen molar-refractivity contribution >= 4 is 9.24 Å². The van der Waals surface area contributed by atoms with Gasteiger partial charge in [-0.2, -0.15) is 0 Å². The lowest BCUT2D eigenvalue weighted by atomic mass is 10.8. The van der Waals surface area contributed by atoms with Gasteiger partial charge in [-0.1, -0.05) is 0 Å². The van der Waals surface area contributed by atoms with E-state index in [0.29, 0.717) is 0 Å². The van der Waals surface area contributed by atoms with E-state index < -0.39 is 0 Å². The highest BCUT2D eigenvalue weighted by atomic mass is 31.0. The highest BCUT2D eigenvalue weighted by molar-refractivity contribution is 7.16. The molecule has 0 aliphatic rings. The predicted octanol–water partition coefficient (Wildman–Crippen LogP) is 0.495. The molecule has 0 aliphatic heterocycles. The maximum absolute atomic E-state index is 4.76. The minimum Gasteiger partial charge on any atom is -0.125 e. The zero-order chi connectivity index (χ0) is 3.41. The summed E-state index contributed by atoms with van der Waals surface area (Å²) in [4.78, 5) is 0. The van der Waals surface area contributed by atoms with Crippen molar-refractivity contribution in [2.24, 2.45) is 0 Å². The molecule has 0 amide bonds. The van der Waals surface area contributed by atoms with Crippen molar-refractivity contribution < 1.29 is 0 Å². The number of hydrogen-bond acceptors (Lipinski definition) is 0. The number of rotatable bonds is 0. The van der Waals surface area contributed by atoms with E-state index in [0.717, 1.165) is 6.16 Å². The molecule has 1 heteroatoms. The van der Waals surface area contributed by atoms with Gasteiger partial charge in [0.25, 0.3) is 0 Å². The fourth-order valence-corrected chi connectivity index (χ4v) is 0. The van der Waals surface area contributed by atoms with Crippen molar-refractivity contribution in [2.45, 2.75) is 0 Å². The van der Waals surface area contributed by atoms with Gasteiger partial charge < -0.3 is 0 Å². The van der Waals surface area contributed by atoms with Crippen molar-refractivity contribution in [1.29, 1.82) is 0 Å². The van der Waals surface area contributed by atoms with E-state index in [4.69, 9.17) is 6.42 Å². The molecule has 0 saturated heterocycles. The second kappa shape index (κ2) is 2.99. The lowest BCUT2D eigenvalue weighted by Crippen LogP contribution is -1.45. The van der Waals surface area contributed by atoms with E-state index in [-0.39, 0.29) is 0 Å². The van der Waals surface area contributed by atoms with Crippen molar-refractivity contribution in [3.05, 3.63) is 0 Å². The van der Waals surface area contributed by atoms with Crippen molar-refractivity contribution in [1.82, 2.24) is 0 Å². The van der Waals surface area contributed by atoms with Gasteiger partial charge in [-0.05, 0) is 0 Å². The van der Waals surface area contributed by atoms with Gasteiger partial charge >= 0.3 is 0 Å². The lowest BCUT2D eigenvalue weighted by molar-refractivity contribution is 1.98. The Hall–Kier alpha value is -0.0100. The fraction of sp³-hybridized carbons (Fsp3) is 0.333. The Kier molecular flexibility index (Phi) is 2.98. The summed E-state index contributed by atoms with van der Waals surface area (Å²) in [5.41, 5.74) is 0. The first-order chi connectivity index (χ1) is 1.91. The summed E-state index contributed by atoms with van der Waals surface area (Å²) in [5.74, 6) is 2.39. The Bertz CT molecular complexity index is 33.0. The van der Waals surface area contributed by atoms with Crippen LogP contribution in [0.5, 0.6) is 0 Å². The first-order valence-corrected chi connectivity index (χ1v) is 1.87. The molecule has 0 aromatic heterocycles. The summed E-state index contributed by atoms with van der Waals surface area (Å²) in [6, 6.07) is 0. The van der Waals surface area contributed by atoms with Crippen LogP contribution in [0, 0.1) is 12.3 Å². The standard InChI is InChI=1S/C3H5P/c1-2-3-4/h1H,3-4H2. The van der Waals surface area contributed by atoms with E-state index in [2.05, 4.69) is 15.2 Å². The molecule has 0 aromatic rings. The third kappa shape index (κ3) is 1.99. The van der Waals surface area contributed by atoms with Crippen molar-refractivity contribution in [2.75, 3.05) is 6.16 Å². The van der Waals surface area contributed by atoms with E-state index in [1.54, 1.807) is 0 Å². The molecule has 0 spiro atoms. The average molecular weight is 72.0 g/mol. The summed E-state index contributed by atoms with van der Waals surface area (Å²) in [7, 11) is 2.42. The SMILES string of the molecule is C#CCP. The molecule has 22 valence electrons. The van der Waals surface area contributed by atoms with E-state index >= 15 is 0 Å². The molecule has 0 saturated carbocycles. The van der Waals surface area contributed by atoms with Crippen molar-refractivity contribution in [3.63, 3.8) is 0 Å². The minimum absolute atomic E-state index is 0.764. The molecule has 0 aromatic carbocycles. The Balaban J connectivity index is 2.43. The van der Waals surface area contributed by atoms with Gasteiger partial charge in [0.1, 0.15) is 0 Å². The number of terminal acetylenes is 1. The lowest BCUT2D eigenvalue weighted by Gasteiger charge is -1.53. The normalized spacial score (nSPS) is 5.00. The second-order valence-corrected chi connectivity index (χ2v) is 0.816. The maximum Gasteiger partial charge on any atom is 0.0231 e. The van der Waals surface area contributed by atoms with E-state index in [1.165, 1.54) is 0 Å². The summed E-state index contributed by atoms with van der Waals surface area (Å²) >= 11 is 0. The van der Waals surface area contributed by atoms with Gasteiger partial charge in [0.05, 0.1) is 0 Å². The van der Waals surface area contributed by atoms with Crippen LogP contribution < -0.4 is 0 Å². The van der Waals surface area contributed by atoms with Crippen molar-refractivity contribution in [3.8, 4) is 12.3 Å². The molecule has 0 fully saturated rings. The first kappa shape index (κ1) is 3.99. The Morgan fingerprint density at radius 1 is 2.00 bits per heavy atom. The highest BCUT2D eigenvalue weighted by Crippen LogP contribution is 1.69. The molecule has 4 heavy (non-hydrogen) atoms. The van der Waals surface area contributed by atoms with Gasteiger partial charge in [-0.3, -0.25) is 0 Å². The van der Waals surface area contributed by atoms with Crippen LogP contribution in [-0.2, 0) is 0 Å². The predicted molar refractivity (Wildman–Crippen MR) is 23.4 cm³/mol. The van der Waals surface area contributed by atoms with E-state index in [9.17, 15) is 0 Å². The molecule has 0 N–H and O–H groups in total. The summed E-state index contributed by atoms with van der Waals surface area (Å²) in [6.07, 6.45) is 5.52. The minimum atomic E-state index is 0.764. The monoisotopic (exact) mass is 72.0 g/mol. The van der Waals surface area contributed by atoms with Gasteiger partial charge in [0.15, 0.2) is 0 Å². The average Bonchev–Trinajstić information content (AvgIpc) is 1.37. The molecule has 0 radical (unpaired) electrons. The Labute approximate surface area is 28.8 Å². The topological polar surface area (TPSA) is 0 Å². The summed E-state index contributed by atoms with van der Waals surface area (Å²) < 4.78 is 0. The summed E-state index contributed by atoms with van der Waals surface area (Å²) in [6.45, 7) is 0. The maximum atomic E-state index is 4.76. The smallest absolute Gasteiger partial charge is 0.0231 e. The quantitative estimate of drug-likeness (QED) is 0.288. The second-order valence-electron chi connectivity index (χ2n) is 0.408. The Morgan fingerprint density at radius 2 is 2.25 bits per heavy atom. The van der Waals surface area contributed by atoms with Crippen LogP contribution in [0.25, 0.3) is 0 Å². The van der Waals surface area contributed by atoms with Crippen LogP contribution in [0.2, 0.25) is 0 Å².